The van der Waals surface area contributed by atoms with Gasteiger partial charge >= 0.3 is 12.1 Å². The molecule has 3 nitrogen and oxygen atoms in total. The van der Waals surface area contributed by atoms with Crippen LogP contribution in [0.3, 0.4) is 0 Å². The Labute approximate surface area is 175 Å². The molecule has 0 aliphatic carbocycles. The molecule has 3 rings (SSSR count). The number of ether oxygens (including phenoxy) is 2. The van der Waals surface area contributed by atoms with Gasteiger partial charge in [0.25, 0.3) is 0 Å². The zero-order valence-electron chi connectivity index (χ0n) is 16.0. The Morgan fingerprint density at radius 2 is 1.33 bits per heavy atom. The molecule has 156 valence electrons. The molecule has 0 saturated carbocycles. The summed E-state index contributed by atoms with van der Waals surface area (Å²) in [4.78, 5) is 15.5. The van der Waals surface area contributed by atoms with E-state index in [0.29, 0.717) is 5.56 Å². The number of hydrogen-bond acceptors (Lipinski definition) is 3. The first-order valence-electron chi connectivity index (χ1n) is 9.20. The van der Waals surface area contributed by atoms with Crippen molar-refractivity contribution in [3.63, 3.8) is 0 Å². The summed E-state index contributed by atoms with van der Waals surface area (Å²) in [5, 5.41) is 0. The van der Waals surface area contributed by atoms with Gasteiger partial charge < -0.3 is 9.47 Å². The topological polar surface area (TPSA) is 35.5 Å². The van der Waals surface area contributed by atoms with Gasteiger partial charge in [0.2, 0.25) is 0 Å². The van der Waals surface area contributed by atoms with E-state index in [1.165, 1.54) is 0 Å². The number of benzene rings is 3. The molecule has 0 bridgehead atoms. The van der Waals surface area contributed by atoms with Gasteiger partial charge in [-0.1, -0.05) is 42.5 Å². The fourth-order valence-corrected chi connectivity index (χ4v) is 4.87. The highest BCUT2D eigenvalue weighted by Crippen LogP contribution is 2.31. The number of carbonyl (C=O) groups excluding carboxylic acids is 1. The molecule has 0 aliphatic rings. The van der Waals surface area contributed by atoms with Crippen molar-refractivity contribution in [2.24, 2.45) is 0 Å². The smallest absolute Gasteiger partial charge is 0.411 e. The Morgan fingerprint density at radius 1 is 0.767 bits per heavy atom. The van der Waals surface area contributed by atoms with Crippen molar-refractivity contribution in [2.45, 2.75) is 20.9 Å². The fraction of sp³-hybridized carbons (Fsp3) is 0.174. The molecule has 0 radical (unpaired) electrons. The predicted molar refractivity (Wildman–Crippen MR) is 109 cm³/mol. The number of alkyl halides is 3. The van der Waals surface area contributed by atoms with Gasteiger partial charge in [0.05, 0.1) is 23.1 Å². The van der Waals surface area contributed by atoms with Crippen LogP contribution in [0.1, 0.15) is 10.4 Å². The molecule has 30 heavy (non-hydrogen) atoms. The molecule has 7 heteroatoms. The summed E-state index contributed by atoms with van der Waals surface area (Å²) in [6.07, 6.45) is -4.40. The standard InChI is InChI=1S/C23H20F3O3S/c24-23(25,26)17-28-14-15-29-22(27)18-8-7-13-21(16-18)30(19-9-3-1-4-10-19)20-11-5-2-6-12-20/h1-13,16H,14-15,17H2/q+1. The maximum absolute atomic E-state index is 12.4. The van der Waals surface area contributed by atoms with Gasteiger partial charge in [-0.3, -0.25) is 0 Å². The molecule has 0 atom stereocenters. The third-order valence-electron chi connectivity index (χ3n) is 3.99. The number of halogens is 3. The molecule has 0 N–H and O–H groups in total. The van der Waals surface area contributed by atoms with Crippen LogP contribution in [0.2, 0.25) is 0 Å². The lowest BCUT2D eigenvalue weighted by atomic mass is 10.2. The van der Waals surface area contributed by atoms with Crippen molar-refractivity contribution in [1.82, 2.24) is 0 Å². The molecule has 3 aromatic carbocycles. The number of esters is 1. The fourth-order valence-electron chi connectivity index (χ4n) is 2.74. The van der Waals surface area contributed by atoms with Gasteiger partial charge in [-0.05, 0) is 36.4 Å². The SMILES string of the molecule is O=C(OCCOCC(F)(F)F)c1cccc([S+](c2ccccc2)c2ccccc2)c1. The molecule has 0 aromatic heterocycles. The van der Waals surface area contributed by atoms with E-state index >= 15 is 0 Å². The van der Waals surface area contributed by atoms with E-state index in [4.69, 9.17) is 4.74 Å². The zero-order chi connectivity index (χ0) is 21.4. The van der Waals surface area contributed by atoms with Crippen LogP contribution in [-0.2, 0) is 20.4 Å². The Bertz CT molecular complexity index is 907. The summed E-state index contributed by atoms with van der Waals surface area (Å²) in [6, 6.07) is 27.1. The lowest BCUT2D eigenvalue weighted by molar-refractivity contribution is -0.175. The minimum atomic E-state index is -4.40. The summed E-state index contributed by atoms with van der Waals surface area (Å²) < 4.78 is 45.7. The summed E-state index contributed by atoms with van der Waals surface area (Å²) in [7, 11) is -0.418. The van der Waals surface area contributed by atoms with E-state index in [1.54, 1.807) is 18.2 Å². The van der Waals surface area contributed by atoms with Gasteiger partial charge in [0, 0.05) is 6.07 Å². The van der Waals surface area contributed by atoms with Crippen LogP contribution in [0.15, 0.2) is 99.6 Å². The van der Waals surface area contributed by atoms with E-state index < -0.39 is 29.6 Å². The second-order valence-corrected chi connectivity index (χ2v) is 8.29. The quantitative estimate of drug-likeness (QED) is 0.267. The first-order chi connectivity index (χ1) is 14.4. The van der Waals surface area contributed by atoms with Gasteiger partial charge in [0.1, 0.15) is 13.2 Å². The van der Waals surface area contributed by atoms with Crippen molar-refractivity contribution in [3.8, 4) is 0 Å². The molecule has 0 saturated heterocycles. The second-order valence-electron chi connectivity index (χ2n) is 6.26. The van der Waals surface area contributed by atoms with Gasteiger partial charge in [-0.2, -0.15) is 13.2 Å². The van der Waals surface area contributed by atoms with Crippen LogP contribution in [0, 0.1) is 0 Å². The highest BCUT2D eigenvalue weighted by atomic mass is 32.2. The number of rotatable bonds is 8. The molecule has 0 amide bonds. The van der Waals surface area contributed by atoms with E-state index in [1.807, 2.05) is 66.7 Å². The van der Waals surface area contributed by atoms with Crippen LogP contribution in [0.5, 0.6) is 0 Å². The van der Waals surface area contributed by atoms with E-state index in [-0.39, 0.29) is 13.2 Å². The van der Waals surface area contributed by atoms with E-state index in [0.717, 1.165) is 14.7 Å². The highest BCUT2D eigenvalue weighted by molar-refractivity contribution is 7.97. The first-order valence-corrected chi connectivity index (χ1v) is 10.4. The lowest BCUT2D eigenvalue weighted by Gasteiger charge is -2.10. The van der Waals surface area contributed by atoms with Gasteiger partial charge in [-0.25, -0.2) is 4.79 Å². The minimum absolute atomic E-state index is 0.248. The summed E-state index contributed by atoms with van der Waals surface area (Å²) >= 11 is 0. The summed E-state index contributed by atoms with van der Waals surface area (Å²) in [5.74, 6) is -0.600. The van der Waals surface area contributed by atoms with Crippen molar-refractivity contribution >= 4 is 16.9 Å². The second kappa shape index (κ2) is 10.3. The van der Waals surface area contributed by atoms with Crippen LogP contribution in [-0.4, -0.2) is 32.0 Å². The predicted octanol–water partition coefficient (Wildman–Crippen LogP) is 5.52. The molecule has 0 fully saturated rings. The number of carbonyl (C=O) groups is 1. The summed E-state index contributed by atoms with van der Waals surface area (Å²) in [6.45, 7) is -1.93. The first kappa shape index (κ1) is 21.9. The van der Waals surface area contributed by atoms with Gasteiger partial charge in [0.15, 0.2) is 14.7 Å². The van der Waals surface area contributed by atoms with Crippen LogP contribution in [0.4, 0.5) is 13.2 Å². The number of hydrogen-bond donors (Lipinski definition) is 0. The highest BCUT2D eigenvalue weighted by Gasteiger charge is 2.29. The average molecular weight is 433 g/mol. The van der Waals surface area contributed by atoms with Crippen LogP contribution in [0.25, 0.3) is 0 Å². The third-order valence-corrected chi connectivity index (χ3v) is 6.20. The third kappa shape index (κ3) is 6.37. The Balaban J connectivity index is 1.74. The molecular formula is C23H20F3O3S+. The molecule has 3 aromatic rings. The zero-order valence-corrected chi connectivity index (χ0v) is 16.8. The maximum atomic E-state index is 12.4. The largest absolute Gasteiger partial charge is 0.460 e. The monoisotopic (exact) mass is 433 g/mol. The van der Waals surface area contributed by atoms with Crippen molar-refractivity contribution in [1.29, 1.82) is 0 Å². The molecule has 0 heterocycles. The molecular weight excluding hydrogens is 413 g/mol. The minimum Gasteiger partial charge on any atom is -0.460 e. The van der Waals surface area contributed by atoms with E-state index in [2.05, 4.69) is 4.74 Å². The van der Waals surface area contributed by atoms with E-state index in [9.17, 15) is 18.0 Å². The molecule has 0 spiro atoms. The van der Waals surface area contributed by atoms with Crippen molar-refractivity contribution in [3.05, 3.63) is 90.5 Å². The van der Waals surface area contributed by atoms with Crippen LogP contribution >= 0.6 is 0 Å². The van der Waals surface area contributed by atoms with Crippen molar-refractivity contribution in [2.75, 3.05) is 19.8 Å². The van der Waals surface area contributed by atoms with Crippen molar-refractivity contribution < 1.29 is 27.4 Å². The average Bonchev–Trinajstić information content (AvgIpc) is 2.74. The van der Waals surface area contributed by atoms with Crippen LogP contribution < -0.4 is 0 Å². The normalized spacial score (nSPS) is 11.5. The maximum Gasteiger partial charge on any atom is 0.411 e. The Hall–Kier alpha value is -2.77. The molecule has 0 aliphatic heterocycles. The van der Waals surface area contributed by atoms with Gasteiger partial charge in [-0.15, -0.1) is 0 Å². The Morgan fingerprint density at radius 3 is 1.90 bits per heavy atom. The summed E-state index contributed by atoms with van der Waals surface area (Å²) in [5.41, 5.74) is 0.340. The lowest BCUT2D eigenvalue weighted by Crippen LogP contribution is -2.19. The Kier molecular flexibility index (Phi) is 7.54. The molecule has 0 unspecified atom stereocenters.